The summed E-state index contributed by atoms with van der Waals surface area (Å²) in [6, 6.07) is 0. The minimum absolute atomic E-state index is 0.250. The van der Waals surface area contributed by atoms with Crippen molar-refractivity contribution in [3.63, 3.8) is 0 Å². The molecule has 1 fully saturated rings. The van der Waals surface area contributed by atoms with Gasteiger partial charge in [0.25, 0.3) is 0 Å². The molecule has 2 heteroatoms. The first kappa shape index (κ1) is 16.5. The highest BCUT2D eigenvalue weighted by Gasteiger charge is 2.34. The Labute approximate surface area is 119 Å². The minimum atomic E-state index is 0.250. The summed E-state index contributed by atoms with van der Waals surface area (Å²) in [6.45, 7) is 10.7. The third-order valence-corrected chi connectivity index (χ3v) is 5.34. The summed E-state index contributed by atoms with van der Waals surface area (Å²) in [6.07, 6.45) is 10.5. The topological polar surface area (TPSA) is 20.3 Å². The van der Waals surface area contributed by atoms with E-state index in [4.69, 9.17) is 0 Å². The lowest BCUT2D eigenvalue weighted by atomic mass is 9.68. The van der Waals surface area contributed by atoms with E-state index in [1.165, 1.54) is 51.4 Å². The molecule has 1 atom stereocenters. The molecule has 0 saturated carbocycles. The van der Waals surface area contributed by atoms with Crippen LogP contribution in [0.4, 0.5) is 0 Å². The molecule has 0 bridgehead atoms. The second-order valence-corrected chi connectivity index (χ2v) is 6.60. The minimum Gasteiger partial charge on any atom is -0.343 e. The van der Waals surface area contributed by atoms with Gasteiger partial charge in [-0.25, -0.2) is 0 Å². The molecule has 1 amide bonds. The number of hydrogen-bond acceptors (Lipinski definition) is 1. The maximum Gasteiger partial charge on any atom is 0.219 e. The van der Waals surface area contributed by atoms with Gasteiger partial charge in [0.15, 0.2) is 0 Å². The lowest BCUT2D eigenvalue weighted by molar-refractivity contribution is -0.130. The Morgan fingerprint density at radius 3 is 2.26 bits per heavy atom. The van der Waals surface area contributed by atoms with Crippen LogP contribution in [0, 0.1) is 11.3 Å². The van der Waals surface area contributed by atoms with E-state index >= 15 is 0 Å². The quantitative estimate of drug-likeness (QED) is 0.616. The molecule has 0 aromatic rings. The van der Waals surface area contributed by atoms with Crippen LogP contribution in [0.25, 0.3) is 0 Å². The standard InChI is InChI=1S/C17H33NO/c1-5-7-8-9-12-17(4,6-2)16-10-13-18(14-11-16)15(3)19/h16H,5-14H2,1-4H3. The van der Waals surface area contributed by atoms with E-state index in [0.717, 1.165) is 19.0 Å². The lowest BCUT2D eigenvalue weighted by Crippen LogP contribution is -2.41. The van der Waals surface area contributed by atoms with Crippen LogP contribution in [0.15, 0.2) is 0 Å². The van der Waals surface area contributed by atoms with Crippen molar-refractivity contribution in [1.29, 1.82) is 0 Å². The molecule has 0 spiro atoms. The van der Waals surface area contributed by atoms with Crippen LogP contribution >= 0.6 is 0 Å². The van der Waals surface area contributed by atoms with Gasteiger partial charge in [0.1, 0.15) is 0 Å². The third kappa shape index (κ3) is 4.81. The SMILES string of the molecule is CCCCCCC(C)(CC)C1CCN(C(C)=O)CC1. The fourth-order valence-corrected chi connectivity index (χ4v) is 3.52. The van der Waals surface area contributed by atoms with Gasteiger partial charge >= 0.3 is 0 Å². The first-order valence-corrected chi connectivity index (χ1v) is 8.29. The molecule has 0 N–H and O–H groups in total. The van der Waals surface area contributed by atoms with Crippen LogP contribution < -0.4 is 0 Å². The van der Waals surface area contributed by atoms with Crippen molar-refractivity contribution in [2.45, 2.75) is 79.1 Å². The lowest BCUT2D eigenvalue weighted by Gasteiger charge is -2.42. The van der Waals surface area contributed by atoms with E-state index in [1.807, 2.05) is 4.90 Å². The molecule has 0 aromatic carbocycles. The van der Waals surface area contributed by atoms with Gasteiger partial charge in [0, 0.05) is 20.0 Å². The molecular formula is C17H33NO. The molecule has 1 unspecified atom stereocenters. The van der Waals surface area contributed by atoms with Gasteiger partial charge in [-0.05, 0) is 30.6 Å². The number of amides is 1. The number of piperidine rings is 1. The molecule has 2 nitrogen and oxygen atoms in total. The number of carbonyl (C=O) groups is 1. The highest BCUT2D eigenvalue weighted by Crippen LogP contribution is 2.42. The highest BCUT2D eigenvalue weighted by molar-refractivity contribution is 5.73. The molecule has 1 heterocycles. The third-order valence-electron chi connectivity index (χ3n) is 5.34. The molecule has 1 rings (SSSR count). The number of carbonyl (C=O) groups excluding carboxylic acids is 1. The van der Waals surface area contributed by atoms with Crippen LogP contribution in [0.1, 0.15) is 79.1 Å². The van der Waals surface area contributed by atoms with Gasteiger partial charge in [0.05, 0.1) is 0 Å². The number of rotatable bonds is 7. The van der Waals surface area contributed by atoms with E-state index in [2.05, 4.69) is 20.8 Å². The number of likely N-dealkylation sites (tertiary alicyclic amines) is 1. The van der Waals surface area contributed by atoms with Crippen molar-refractivity contribution in [1.82, 2.24) is 4.90 Å². The Hall–Kier alpha value is -0.530. The average molecular weight is 267 g/mol. The smallest absolute Gasteiger partial charge is 0.219 e. The zero-order valence-corrected chi connectivity index (χ0v) is 13.5. The molecule has 1 aliphatic rings. The summed E-state index contributed by atoms with van der Waals surface area (Å²) in [7, 11) is 0. The molecule has 19 heavy (non-hydrogen) atoms. The summed E-state index contributed by atoms with van der Waals surface area (Å²) < 4.78 is 0. The van der Waals surface area contributed by atoms with Gasteiger partial charge in [-0.3, -0.25) is 4.79 Å². The zero-order valence-electron chi connectivity index (χ0n) is 13.5. The predicted octanol–water partition coefficient (Wildman–Crippen LogP) is 4.63. The molecule has 0 radical (unpaired) electrons. The summed E-state index contributed by atoms with van der Waals surface area (Å²) in [5.41, 5.74) is 0.497. The molecular weight excluding hydrogens is 234 g/mol. The Bertz CT molecular complexity index is 268. The summed E-state index contributed by atoms with van der Waals surface area (Å²) in [5.74, 6) is 1.06. The maximum atomic E-state index is 11.4. The molecule has 1 aliphatic heterocycles. The van der Waals surface area contributed by atoms with Gasteiger partial charge in [-0.1, -0.05) is 52.9 Å². The van der Waals surface area contributed by atoms with E-state index in [0.29, 0.717) is 5.41 Å². The molecule has 1 saturated heterocycles. The van der Waals surface area contributed by atoms with E-state index in [1.54, 1.807) is 6.92 Å². The van der Waals surface area contributed by atoms with E-state index in [9.17, 15) is 4.79 Å². The second kappa shape index (κ2) is 7.91. The largest absolute Gasteiger partial charge is 0.343 e. The Balaban J connectivity index is 2.43. The predicted molar refractivity (Wildman–Crippen MR) is 82.1 cm³/mol. The average Bonchev–Trinajstić information content (AvgIpc) is 2.43. The Kier molecular flexibility index (Phi) is 6.88. The summed E-state index contributed by atoms with van der Waals surface area (Å²) in [4.78, 5) is 13.4. The van der Waals surface area contributed by atoms with Crippen LogP contribution in [-0.4, -0.2) is 23.9 Å². The fraction of sp³-hybridized carbons (Fsp3) is 0.941. The van der Waals surface area contributed by atoms with Crippen molar-refractivity contribution in [3.05, 3.63) is 0 Å². The number of hydrogen-bond donors (Lipinski definition) is 0. The van der Waals surface area contributed by atoms with Gasteiger partial charge < -0.3 is 4.90 Å². The number of nitrogens with zero attached hydrogens (tertiary/aromatic N) is 1. The summed E-state index contributed by atoms with van der Waals surface area (Å²) in [5, 5.41) is 0. The van der Waals surface area contributed by atoms with Gasteiger partial charge in [-0.15, -0.1) is 0 Å². The van der Waals surface area contributed by atoms with Crippen molar-refractivity contribution in [2.75, 3.05) is 13.1 Å². The second-order valence-electron chi connectivity index (χ2n) is 6.60. The van der Waals surface area contributed by atoms with Crippen molar-refractivity contribution < 1.29 is 4.79 Å². The van der Waals surface area contributed by atoms with Gasteiger partial charge in [-0.2, -0.15) is 0 Å². The summed E-state index contributed by atoms with van der Waals surface area (Å²) >= 11 is 0. The first-order chi connectivity index (χ1) is 9.03. The van der Waals surface area contributed by atoms with Crippen molar-refractivity contribution in [2.24, 2.45) is 11.3 Å². The monoisotopic (exact) mass is 267 g/mol. The van der Waals surface area contributed by atoms with Crippen molar-refractivity contribution >= 4 is 5.91 Å². The highest BCUT2D eigenvalue weighted by atomic mass is 16.2. The van der Waals surface area contributed by atoms with E-state index < -0.39 is 0 Å². The first-order valence-electron chi connectivity index (χ1n) is 8.29. The van der Waals surface area contributed by atoms with Crippen LogP contribution in [0.3, 0.4) is 0 Å². The zero-order chi connectivity index (χ0) is 14.3. The Morgan fingerprint density at radius 1 is 1.16 bits per heavy atom. The van der Waals surface area contributed by atoms with Crippen molar-refractivity contribution in [3.8, 4) is 0 Å². The number of unbranched alkanes of at least 4 members (excludes halogenated alkanes) is 3. The van der Waals surface area contributed by atoms with Crippen LogP contribution in [0.5, 0.6) is 0 Å². The normalized spacial score (nSPS) is 20.3. The van der Waals surface area contributed by atoms with Crippen LogP contribution in [0.2, 0.25) is 0 Å². The van der Waals surface area contributed by atoms with Crippen LogP contribution in [-0.2, 0) is 4.79 Å². The molecule has 0 aromatic heterocycles. The molecule has 0 aliphatic carbocycles. The Morgan fingerprint density at radius 2 is 1.79 bits per heavy atom. The molecule has 112 valence electrons. The van der Waals surface area contributed by atoms with E-state index in [-0.39, 0.29) is 5.91 Å². The fourth-order valence-electron chi connectivity index (χ4n) is 3.52. The van der Waals surface area contributed by atoms with Gasteiger partial charge in [0.2, 0.25) is 5.91 Å². The maximum absolute atomic E-state index is 11.4.